The third-order valence-corrected chi connectivity index (χ3v) is 3.31. The molecule has 2 aromatic rings. The predicted octanol–water partition coefficient (Wildman–Crippen LogP) is 3.58. The van der Waals surface area contributed by atoms with E-state index in [1.165, 1.54) is 11.1 Å². The molecule has 3 heteroatoms. The van der Waals surface area contributed by atoms with Gasteiger partial charge in [-0.2, -0.15) is 0 Å². The highest BCUT2D eigenvalue weighted by atomic mass is 16.3. The SMILES string of the molecule is Cc1ccc(NC(=O)CCc2ccccc2C)c(O)c1. The van der Waals surface area contributed by atoms with Crippen molar-refractivity contribution in [1.82, 2.24) is 0 Å². The largest absolute Gasteiger partial charge is 0.506 e. The minimum absolute atomic E-state index is 0.0904. The van der Waals surface area contributed by atoms with Crippen molar-refractivity contribution in [1.29, 1.82) is 0 Å². The van der Waals surface area contributed by atoms with E-state index in [1.807, 2.05) is 44.2 Å². The summed E-state index contributed by atoms with van der Waals surface area (Å²) in [6, 6.07) is 13.3. The van der Waals surface area contributed by atoms with Crippen LogP contribution in [0.15, 0.2) is 42.5 Å². The summed E-state index contributed by atoms with van der Waals surface area (Å²) in [7, 11) is 0. The molecule has 0 aromatic heterocycles. The fraction of sp³-hybridized carbons (Fsp3) is 0.235. The molecule has 2 aromatic carbocycles. The first kappa shape index (κ1) is 14.1. The highest BCUT2D eigenvalue weighted by molar-refractivity contribution is 5.92. The van der Waals surface area contributed by atoms with E-state index in [4.69, 9.17) is 0 Å². The Labute approximate surface area is 119 Å². The Morgan fingerprint density at radius 1 is 1.15 bits per heavy atom. The van der Waals surface area contributed by atoms with Crippen LogP contribution in [0.2, 0.25) is 0 Å². The number of phenols is 1. The maximum atomic E-state index is 11.9. The number of anilines is 1. The zero-order valence-corrected chi connectivity index (χ0v) is 11.8. The average molecular weight is 269 g/mol. The molecule has 0 fully saturated rings. The molecule has 0 aliphatic carbocycles. The van der Waals surface area contributed by atoms with Crippen LogP contribution in [0.5, 0.6) is 5.75 Å². The van der Waals surface area contributed by atoms with Gasteiger partial charge in [-0.05, 0) is 49.1 Å². The summed E-state index contributed by atoms with van der Waals surface area (Å²) in [6.07, 6.45) is 1.10. The Balaban J connectivity index is 1.94. The first-order valence-electron chi connectivity index (χ1n) is 6.70. The zero-order valence-electron chi connectivity index (χ0n) is 11.8. The lowest BCUT2D eigenvalue weighted by molar-refractivity contribution is -0.116. The fourth-order valence-electron chi connectivity index (χ4n) is 2.10. The minimum Gasteiger partial charge on any atom is -0.506 e. The van der Waals surface area contributed by atoms with E-state index in [0.717, 1.165) is 5.56 Å². The number of amides is 1. The summed E-state index contributed by atoms with van der Waals surface area (Å²) in [6.45, 7) is 3.93. The number of phenolic OH excluding ortho intramolecular Hbond substituents is 1. The van der Waals surface area contributed by atoms with Crippen molar-refractivity contribution < 1.29 is 9.90 Å². The summed E-state index contributed by atoms with van der Waals surface area (Å²) in [4.78, 5) is 11.9. The van der Waals surface area contributed by atoms with E-state index < -0.39 is 0 Å². The lowest BCUT2D eigenvalue weighted by Gasteiger charge is -2.09. The van der Waals surface area contributed by atoms with Crippen LogP contribution in [0.25, 0.3) is 0 Å². The summed E-state index contributed by atoms with van der Waals surface area (Å²) < 4.78 is 0. The molecule has 0 unspecified atom stereocenters. The Morgan fingerprint density at radius 3 is 2.60 bits per heavy atom. The normalized spacial score (nSPS) is 10.3. The van der Waals surface area contributed by atoms with E-state index in [2.05, 4.69) is 5.32 Å². The molecule has 104 valence electrons. The monoisotopic (exact) mass is 269 g/mol. The predicted molar refractivity (Wildman–Crippen MR) is 81.0 cm³/mol. The molecule has 3 nitrogen and oxygen atoms in total. The standard InChI is InChI=1S/C17H19NO2/c1-12-7-9-15(16(19)11-12)18-17(20)10-8-14-6-4-3-5-13(14)2/h3-7,9,11,19H,8,10H2,1-2H3,(H,18,20). The summed E-state index contributed by atoms with van der Waals surface area (Å²) in [5.41, 5.74) is 3.79. The smallest absolute Gasteiger partial charge is 0.224 e. The molecule has 1 amide bonds. The molecule has 0 saturated carbocycles. The number of aromatic hydroxyl groups is 1. The summed E-state index contributed by atoms with van der Waals surface area (Å²) in [5.74, 6) is 0.0154. The number of hydrogen-bond acceptors (Lipinski definition) is 2. The van der Waals surface area contributed by atoms with E-state index >= 15 is 0 Å². The second-order valence-electron chi connectivity index (χ2n) is 5.00. The van der Waals surface area contributed by atoms with Gasteiger partial charge in [0.1, 0.15) is 5.75 Å². The van der Waals surface area contributed by atoms with Crippen LogP contribution in [0.3, 0.4) is 0 Å². The fourth-order valence-corrected chi connectivity index (χ4v) is 2.10. The van der Waals surface area contributed by atoms with E-state index in [9.17, 15) is 9.90 Å². The number of carbonyl (C=O) groups excluding carboxylic acids is 1. The van der Waals surface area contributed by atoms with Gasteiger partial charge in [-0.1, -0.05) is 30.3 Å². The van der Waals surface area contributed by atoms with Gasteiger partial charge < -0.3 is 10.4 Å². The van der Waals surface area contributed by atoms with Crippen LogP contribution in [-0.4, -0.2) is 11.0 Å². The van der Waals surface area contributed by atoms with Crippen molar-refractivity contribution in [2.45, 2.75) is 26.7 Å². The molecule has 0 heterocycles. The number of hydrogen-bond donors (Lipinski definition) is 2. The molecular weight excluding hydrogens is 250 g/mol. The van der Waals surface area contributed by atoms with Gasteiger partial charge in [0.25, 0.3) is 0 Å². The molecule has 0 bridgehead atoms. The highest BCUT2D eigenvalue weighted by Gasteiger charge is 2.07. The first-order valence-corrected chi connectivity index (χ1v) is 6.70. The quantitative estimate of drug-likeness (QED) is 0.833. The summed E-state index contributed by atoms with van der Waals surface area (Å²) in [5, 5.41) is 12.5. The van der Waals surface area contributed by atoms with Crippen LogP contribution in [0.1, 0.15) is 23.1 Å². The molecule has 2 rings (SSSR count). The first-order chi connectivity index (χ1) is 9.56. The van der Waals surface area contributed by atoms with Crippen molar-refractivity contribution in [3.8, 4) is 5.75 Å². The van der Waals surface area contributed by atoms with E-state index in [-0.39, 0.29) is 11.7 Å². The second-order valence-corrected chi connectivity index (χ2v) is 5.00. The van der Waals surface area contributed by atoms with Crippen molar-refractivity contribution in [3.05, 3.63) is 59.2 Å². The van der Waals surface area contributed by atoms with Crippen molar-refractivity contribution >= 4 is 11.6 Å². The van der Waals surface area contributed by atoms with Crippen molar-refractivity contribution in [2.24, 2.45) is 0 Å². The van der Waals surface area contributed by atoms with Crippen LogP contribution in [-0.2, 0) is 11.2 Å². The summed E-state index contributed by atoms with van der Waals surface area (Å²) >= 11 is 0. The number of benzene rings is 2. The van der Waals surface area contributed by atoms with Gasteiger partial charge >= 0.3 is 0 Å². The maximum Gasteiger partial charge on any atom is 0.224 e. The number of aryl methyl sites for hydroxylation is 3. The molecule has 0 aliphatic heterocycles. The third kappa shape index (κ3) is 3.60. The molecule has 0 saturated heterocycles. The lowest BCUT2D eigenvalue weighted by atomic mass is 10.0. The number of carbonyl (C=O) groups is 1. The molecule has 0 radical (unpaired) electrons. The number of nitrogens with one attached hydrogen (secondary N) is 1. The van der Waals surface area contributed by atoms with Gasteiger partial charge in [-0.3, -0.25) is 4.79 Å². The molecule has 0 aliphatic rings. The Kier molecular flexibility index (Phi) is 4.41. The second kappa shape index (κ2) is 6.24. The van der Waals surface area contributed by atoms with Gasteiger partial charge in [-0.15, -0.1) is 0 Å². The van der Waals surface area contributed by atoms with Gasteiger partial charge in [0.05, 0.1) is 5.69 Å². The van der Waals surface area contributed by atoms with Crippen molar-refractivity contribution in [2.75, 3.05) is 5.32 Å². The van der Waals surface area contributed by atoms with Crippen LogP contribution in [0.4, 0.5) is 5.69 Å². The molecule has 2 N–H and O–H groups in total. The Bertz CT molecular complexity index is 620. The topological polar surface area (TPSA) is 49.3 Å². The van der Waals surface area contributed by atoms with Crippen molar-refractivity contribution in [3.63, 3.8) is 0 Å². The third-order valence-electron chi connectivity index (χ3n) is 3.31. The highest BCUT2D eigenvalue weighted by Crippen LogP contribution is 2.24. The Hall–Kier alpha value is -2.29. The van der Waals surface area contributed by atoms with Crippen LogP contribution >= 0.6 is 0 Å². The maximum absolute atomic E-state index is 11.9. The molecule has 20 heavy (non-hydrogen) atoms. The van der Waals surface area contributed by atoms with Gasteiger partial charge in [0.2, 0.25) is 5.91 Å². The Morgan fingerprint density at radius 2 is 1.90 bits per heavy atom. The minimum atomic E-state index is -0.0904. The average Bonchev–Trinajstić information content (AvgIpc) is 2.41. The zero-order chi connectivity index (χ0) is 14.5. The molecule has 0 atom stereocenters. The van der Waals surface area contributed by atoms with Gasteiger partial charge in [0, 0.05) is 6.42 Å². The number of rotatable bonds is 4. The van der Waals surface area contributed by atoms with Crippen LogP contribution in [0, 0.1) is 13.8 Å². The van der Waals surface area contributed by atoms with Crippen LogP contribution < -0.4 is 5.32 Å². The van der Waals surface area contributed by atoms with Gasteiger partial charge in [0.15, 0.2) is 0 Å². The van der Waals surface area contributed by atoms with E-state index in [1.54, 1.807) is 12.1 Å². The van der Waals surface area contributed by atoms with E-state index in [0.29, 0.717) is 18.5 Å². The molecule has 0 spiro atoms. The lowest BCUT2D eigenvalue weighted by Crippen LogP contribution is -2.12. The molecular formula is C17H19NO2. The van der Waals surface area contributed by atoms with Gasteiger partial charge in [-0.25, -0.2) is 0 Å².